The highest BCUT2D eigenvalue weighted by Crippen LogP contribution is 2.22. The third-order valence-corrected chi connectivity index (χ3v) is 3.44. The van der Waals surface area contributed by atoms with Crippen molar-refractivity contribution in [2.45, 2.75) is 13.3 Å². The zero-order valence-electron chi connectivity index (χ0n) is 10.5. The summed E-state index contributed by atoms with van der Waals surface area (Å²) in [6.07, 6.45) is 3.30. The number of carbonyl (C=O) groups is 1. The Hall–Kier alpha value is -1.20. The zero-order chi connectivity index (χ0) is 13.0. The van der Waals surface area contributed by atoms with E-state index in [4.69, 9.17) is 11.6 Å². The van der Waals surface area contributed by atoms with E-state index < -0.39 is 0 Å². The van der Waals surface area contributed by atoms with Crippen LogP contribution in [0.15, 0.2) is 6.33 Å². The SMILES string of the molecule is CCCN1CCN(c2ncnc(Cl)c2C=O)CC1. The van der Waals surface area contributed by atoms with Crippen LogP contribution in [0.5, 0.6) is 0 Å². The lowest BCUT2D eigenvalue weighted by atomic mass is 10.2. The van der Waals surface area contributed by atoms with Crippen LogP contribution in [-0.4, -0.2) is 53.9 Å². The molecule has 0 aromatic carbocycles. The summed E-state index contributed by atoms with van der Waals surface area (Å²) in [7, 11) is 0. The van der Waals surface area contributed by atoms with Crippen LogP contribution in [0.2, 0.25) is 5.15 Å². The number of hydrogen-bond donors (Lipinski definition) is 0. The molecule has 98 valence electrons. The van der Waals surface area contributed by atoms with Gasteiger partial charge in [0.2, 0.25) is 0 Å². The van der Waals surface area contributed by atoms with Crippen molar-refractivity contribution in [2.24, 2.45) is 0 Å². The van der Waals surface area contributed by atoms with Gasteiger partial charge in [0.05, 0.1) is 5.56 Å². The fraction of sp³-hybridized carbons (Fsp3) is 0.583. The molecule has 1 fully saturated rings. The van der Waals surface area contributed by atoms with Crippen LogP contribution in [0.4, 0.5) is 5.82 Å². The zero-order valence-corrected chi connectivity index (χ0v) is 11.2. The molecule has 2 rings (SSSR count). The summed E-state index contributed by atoms with van der Waals surface area (Å²) in [6, 6.07) is 0. The first-order valence-electron chi connectivity index (χ1n) is 6.19. The fourth-order valence-corrected chi connectivity index (χ4v) is 2.39. The number of carbonyl (C=O) groups excluding carboxylic acids is 1. The maximum atomic E-state index is 11.1. The van der Waals surface area contributed by atoms with Gasteiger partial charge in [0, 0.05) is 26.2 Å². The predicted molar refractivity (Wildman–Crippen MR) is 71.4 cm³/mol. The molecule has 18 heavy (non-hydrogen) atoms. The van der Waals surface area contributed by atoms with Crippen molar-refractivity contribution < 1.29 is 4.79 Å². The predicted octanol–water partition coefficient (Wildman–Crippen LogP) is 1.47. The summed E-state index contributed by atoms with van der Waals surface area (Å²) < 4.78 is 0. The lowest BCUT2D eigenvalue weighted by molar-refractivity contribution is 0.112. The highest BCUT2D eigenvalue weighted by atomic mass is 35.5. The number of halogens is 1. The van der Waals surface area contributed by atoms with Crippen LogP contribution in [0.3, 0.4) is 0 Å². The summed E-state index contributed by atoms with van der Waals surface area (Å²) >= 11 is 5.91. The van der Waals surface area contributed by atoms with Gasteiger partial charge in [0.25, 0.3) is 0 Å². The molecule has 0 N–H and O–H groups in total. The van der Waals surface area contributed by atoms with E-state index in [9.17, 15) is 4.79 Å². The van der Waals surface area contributed by atoms with Gasteiger partial charge < -0.3 is 4.90 Å². The maximum absolute atomic E-state index is 11.1. The molecule has 0 spiro atoms. The van der Waals surface area contributed by atoms with Crippen LogP contribution < -0.4 is 4.90 Å². The van der Waals surface area contributed by atoms with Crippen molar-refractivity contribution in [1.29, 1.82) is 0 Å². The van der Waals surface area contributed by atoms with Crippen molar-refractivity contribution in [3.63, 3.8) is 0 Å². The number of anilines is 1. The molecule has 0 unspecified atom stereocenters. The van der Waals surface area contributed by atoms with Crippen LogP contribution in [0, 0.1) is 0 Å². The number of piperazine rings is 1. The van der Waals surface area contributed by atoms with Gasteiger partial charge in [0.1, 0.15) is 17.3 Å². The number of nitrogens with zero attached hydrogens (tertiary/aromatic N) is 4. The summed E-state index contributed by atoms with van der Waals surface area (Å²) in [5.74, 6) is 0.654. The van der Waals surface area contributed by atoms with E-state index in [0.29, 0.717) is 11.4 Å². The minimum Gasteiger partial charge on any atom is -0.353 e. The number of aldehydes is 1. The molecular weight excluding hydrogens is 252 g/mol. The second-order valence-corrected chi connectivity index (χ2v) is 4.71. The van der Waals surface area contributed by atoms with E-state index in [1.54, 1.807) is 0 Å². The standard InChI is InChI=1S/C12H17ClN4O/c1-2-3-16-4-6-17(7-5-16)12-10(8-18)11(13)14-9-15-12/h8-9H,2-7H2,1H3. The quantitative estimate of drug-likeness (QED) is 0.611. The largest absolute Gasteiger partial charge is 0.353 e. The minimum atomic E-state index is 0.228. The Morgan fingerprint density at radius 3 is 2.67 bits per heavy atom. The van der Waals surface area contributed by atoms with Crippen LogP contribution in [0.1, 0.15) is 23.7 Å². The van der Waals surface area contributed by atoms with E-state index in [1.807, 2.05) is 0 Å². The topological polar surface area (TPSA) is 49.3 Å². The Kier molecular flexibility index (Phi) is 4.49. The molecule has 2 heterocycles. The monoisotopic (exact) mass is 268 g/mol. The molecule has 0 amide bonds. The highest BCUT2D eigenvalue weighted by Gasteiger charge is 2.21. The van der Waals surface area contributed by atoms with Gasteiger partial charge in [-0.15, -0.1) is 0 Å². The van der Waals surface area contributed by atoms with Gasteiger partial charge in [-0.05, 0) is 13.0 Å². The molecule has 0 bridgehead atoms. The summed E-state index contributed by atoms with van der Waals surface area (Å²) in [5.41, 5.74) is 0.392. The van der Waals surface area contributed by atoms with Gasteiger partial charge >= 0.3 is 0 Å². The van der Waals surface area contributed by atoms with Crippen molar-refractivity contribution in [3.8, 4) is 0 Å². The molecule has 1 aromatic rings. The molecule has 6 heteroatoms. The van der Waals surface area contributed by atoms with Gasteiger partial charge in [-0.3, -0.25) is 9.69 Å². The second-order valence-electron chi connectivity index (χ2n) is 4.35. The Morgan fingerprint density at radius 1 is 1.33 bits per heavy atom. The summed E-state index contributed by atoms with van der Waals surface area (Å²) in [6.45, 7) is 7.03. The maximum Gasteiger partial charge on any atom is 0.156 e. The Balaban J connectivity index is 2.10. The molecule has 1 saturated heterocycles. The summed E-state index contributed by atoms with van der Waals surface area (Å²) in [5, 5.41) is 0.228. The van der Waals surface area contributed by atoms with E-state index in [0.717, 1.165) is 39.0 Å². The number of hydrogen-bond acceptors (Lipinski definition) is 5. The van der Waals surface area contributed by atoms with E-state index in [-0.39, 0.29) is 5.15 Å². The second kappa shape index (κ2) is 6.11. The van der Waals surface area contributed by atoms with Crippen molar-refractivity contribution in [1.82, 2.24) is 14.9 Å². The molecule has 5 nitrogen and oxygen atoms in total. The first-order chi connectivity index (χ1) is 8.76. The van der Waals surface area contributed by atoms with Crippen molar-refractivity contribution in [3.05, 3.63) is 17.0 Å². The Morgan fingerprint density at radius 2 is 2.06 bits per heavy atom. The normalized spacial score (nSPS) is 16.9. The van der Waals surface area contributed by atoms with Crippen LogP contribution in [-0.2, 0) is 0 Å². The molecule has 1 aromatic heterocycles. The van der Waals surface area contributed by atoms with Gasteiger partial charge in [-0.2, -0.15) is 0 Å². The minimum absolute atomic E-state index is 0.228. The van der Waals surface area contributed by atoms with Crippen molar-refractivity contribution >= 4 is 23.7 Å². The van der Waals surface area contributed by atoms with Crippen LogP contribution in [0.25, 0.3) is 0 Å². The highest BCUT2D eigenvalue weighted by molar-refractivity contribution is 6.32. The Bertz CT molecular complexity index is 419. The first kappa shape index (κ1) is 13.2. The number of aromatic nitrogens is 2. The molecule has 0 radical (unpaired) electrons. The molecule has 0 atom stereocenters. The lowest BCUT2D eigenvalue weighted by Crippen LogP contribution is -2.47. The molecular formula is C12H17ClN4O. The van der Waals surface area contributed by atoms with Crippen molar-refractivity contribution in [2.75, 3.05) is 37.6 Å². The Labute approximate surface area is 112 Å². The van der Waals surface area contributed by atoms with Gasteiger partial charge in [-0.25, -0.2) is 9.97 Å². The first-order valence-corrected chi connectivity index (χ1v) is 6.57. The smallest absolute Gasteiger partial charge is 0.156 e. The molecule has 0 saturated carbocycles. The number of rotatable bonds is 4. The van der Waals surface area contributed by atoms with E-state index in [2.05, 4.69) is 26.7 Å². The lowest BCUT2D eigenvalue weighted by Gasteiger charge is -2.35. The third-order valence-electron chi connectivity index (χ3n) is 3.14. The average molecular weight is 269 g/mol. The van der Waals surface area contributed by atoms with Gasteiger partial charge in [0.15, 0.2) is 6.29 Å². The average Bonchev–Trinajstić information content (AvgIpc) is 2.40. The molecule has 1 aliphatic heterocycles. The van der Waals surface area contributed by atoms with E-state index in [1.165, 1.54) is 12.7 Å². The fourth-order valence-electron chi connectivity index (χ4n) is 2.22. The molecule has 0 aliphatic carbocycles. The van der Waals surface area contributed by atoms with Crippen LogP contribution >= 0.6 is 11.6 Å². The molecule has 1 aliphatic rings. The van der Waals surface area contributed by atoms with E-state index >= 15 is 0 Å². The van der Waals surface area contributed by atoms with Gasteiger partial charge in [-0.1, -0.05) is 18.5 Å². The summed E-state index contributed by atoms with van der Waals surface area (Å²) in [4.78, 5) is 23.6. The third kappa shape index (κ3) is 2.79.